The van der Waals surface area contributed by atoms with Gasteiger partial charge in [0.2, 0.25) is 0 Å². The van der Waals surface area contributed by atoms with Crippen LogP contribution in [0, 0.1) is 0 Å². The zero-order valence-corrected chi connectivity index (χ0v) is 8.90. The third kappa shape index (κ3) is 1.75. The van der Waals surface area contributed by atoms with Crippen LogP contribution in [0.4, 0.5) is 0 Å². The summed E-state index contributed by atoms with van der Waals surface area (Å²) >= 11 is 0. The number of pyridine rings is 1. The molecule has 0 bridgehead atoms. The molecule has 0 fully saturated rings. The van der Waals surface area contributed by atoms with Gasteiger partial charge in [-0.05, 0) is 37.6 Å². The molecule has 0 saturated carbocycles. The molecule has 1 aromatic heterocycles. The molecule has 0 radical (unpaired) electrons. The van der Waals surface area contributed by atoms with Gasteiger partial charge in [0.1, 0.15) is 6.29 Å². The minimum absolute atomic E-state index is 0.427. The van der Waals surface area contributed by atoms with Crippen LogP contribution < -0.4 is 0 Å². The Labute approximate surface area is 89.0 Å². The Bertz CT molecular complexity index is 503. The van der Waals surface area contributed by atoms with E-state index in [4.69, 9.17) is 0 Å². The first kappa shape index (κ1) is 9.84. The summed E-state index contributed by atoms with van der Waals surface area (Å²) in [5.41, 5.74) is 1.56. The van der Waals surface area contributed by atoms with Crippen LogP contribution in [-0.2, 0) is 10.2 Å². The Kier molecular flexibility index (Phi) is 2.27. The highest BCUT2D eigenvalue weighted by molar-refractivity contribution is 5.81. The lowest BCUT2D eigenvalue weighted by Crippen LogP contribution is -2.18. The first-order valence-electron chi connectivity index (χ1n) is 4.95. The van der Waals surface area contributed by atoms with E-state index in [2.05, 4.69) is 4.98 Å². The third-order valence-corrected chi connectivity index (χ3v) is 2.64. The highest BCUT2D eigenvalue weighted by Gasteiger charge is 2.19. The summed E-state index contributed by atoms with van der Waals surface area (Å²) in [6, 6.07) is 9.85. The summed E-state index contributed by atoms with van der Waals surface area (Å²) in [6.07, 6.45) is 2.75. The lowest BCUT2D eigenvalue weighted by atomic mass is 9.86. The molecule has 2 aromatic rings. The van der Waals surface area contributed by atoms with Crippen molar-refractivity contribution in [2.45, 2.75) is 19.3 Å². The topological polar surface area (TPSA) is 30.0 Å². The zero-order valence-electron chi connectivity index (χ0n) is 8.90. The lowest BCUT2D eigenvalue weighted by Gasteiger charge is -2.17. The van der Waals surface area contributed by atoms with Crippen LogP contribution in [0.5, 0.6) is 0 Å². The van der Waals surface area contributed by atoms with Crippen molar-refractivity contribution in [2.24, 2.45) is 0 Å². The Morgan fingerprint density at radius 3 is 2.80 bits per heavy atom. The average molecular weight is 199 g/mol. The molecule has 76 valence electrons. The molecule has 0 saturated heterocycles. The van der Waals surface area contributed by atoms with E-state index in [1.807, 2.05) is 44.2 Å². The van der Waals surface area contributed by atoms with Gasteiger partial charge in [0.05, 0.1) is 5.52 Å². The van der Waals surface area contributed by atoms with E-state index in [1.54, 1.807) is 6.20 Å². The van der Waals surface area contributed by atoms with E-state index in [-0.39, 0.29) is 0 Å². The smallest absolute Gasteiger partial charge is 0.129 e. The molecular weight excluding hydrogens is 186 g/mol. The number of fused-ring (bicyclic) bond motifs is 1. The summed E-state index contributed by atoms with van der Waals surface area (Å²) in [6.45, 7) is 3.83. The van der Waals surface area contributed by atoms with Crippen LogP contribution in [0.1, 0.15) is 19.4 Å². The lowest BCUT2D eigenvalue weighted by molar-refractivity contribution is -0.111. The Morgan fingerprint density at radius 2 is 2.07 bits per heavy atom. The highest BCUT2D eigenvalue weighted by atomic mass is 16.1. The van der Waals surface area contributed by atoms with Crippen LogP contribution in [0.2, 0.25) is 0 Å². The molecular formula is C13H13NO. The van der Waals surface area contributed by atoms with E-state index in [1.165, 1.54) is 0 Å². The van der Waals surface area contributed by atoms with E-state index < -0.39 is 5.41 Å². The highest BCUT2D eigenvalue weighted by Crippen LogP contribution is 2.23. The Balaban J connectivity index is 2.61. The number of aldehydes is 1. The van der Waals surface area contributed by atoms with Crippen LogP contribution in [-0.4, -0.2) is 11.3 Å². The standard InChI is InChI=1S/C13H13NO/c1-13(2,9-15)11-5-6-12-10(8-11)4-3-7-14-12/h3-9H,1-2H3. The normalized spacial score (nSPS) is 11.6. The summed E-state index contributed by atoms with van der Waals surface area (Å²) in [5, 5.41) is 1.07. The van der Waals surface area contributed by atoms with Crippen molar-refractivity contribution in [3.05, 3.63) is 42.1 Å². The SMILES string of the molecule is CC(C)(C=O)c1ccc2ncccc2c1. The molecule has 0 unspecified atom stereocenters. The fourth-order valence-corrected chi connectivity index (χ4v) is 1.54. The number of carbonyl (C=O) groups is 1. The number of nitrogens with zero attached hydrogens (tertiary/aromatic N) is 1. The zero-order chi connectivity index (χ0) is 10.9. The maximum absolute atomic E-state index is 10.9. The molecule has 15 heavy (non-hydrogen) atoms. The Morgan fingerprint density at radius 1 is 1.27 bits per heavy atom. The number of carbonyl (C=O) groups excluding carboxylic acids is 1. The number of hydrogen-bond donors (Lipinski definition) is 0. The van der Waals surface area contributed by atoms with Crippen molar-refractivity contribution in [2.75, 3.05) is 0 Å². The summed E-state index contributed by atoms with van der Waals surface area (Å²) < 4.78 is 0. The van der Waals surface area contributed by atoms with Crippen molar-refractivity contribution in [1.29, 1.82) is 0 Å². The second-order valence-corrected chi connectivity index (χ2v) is 4.25. The van der Waals surface area contributed by atoms with Crippen LogP contribution in [0.3, 0.4) is 0 Å². The summed E-state index contributed by atoms with van der Waals surface area (Å²) in [5.74, 6) is 0. The van der Waals surface area contributed by atoms with E-state index in [9.17, 15) is 4.79 Å². The molecule has 1 aromatic carbocycles. The third-order valence-electron chi connectivity index (χ3n) is 2.64. The fraction of sp³-hybridized carbons (Fsp3) is 0.231. The second-order valence-electron chi connectivity index (χ2n) is 4.25. The molecule has 0 aliphatic rings. The molecule has 0 atom stereocenters. The van der Waals surface area contributed by atoms with Crippen LogP contribution in [0.15, 0.2) is 36.5 Å². The molecule has 0 N–H and O–H groups in total. The van der Waals surface area contributed by atoms with E-state index in [0.717, 1.165) is 22.8 Å². The fourth-order valence-electron chi connectivity index (χ4n) is 1.54. The molecule has 0 spiro atoms. The molecule has 2 rings (SSSR count). The predicted molar refractivity (Wildman–Crippen MR) is 60.8 cm³/mol. The van der Waals surface area contributed by atoms with Crippen molar-refractivity contribution in [3.8, 4) is 0 Å². The molecule has 0 aliphatic carbocycles. The van der Waals surface area contributed by atoms with E-state index >= 15 is 0 Å². The van der Waals surface area contributed by atoms with Crippen LogP contribution in [0.25, 0.3) is 10.9 Å². The first-order chi connectivity index (χ1) is 7.13. The molecule has 2 nitrogen and oxygen atoms in total. The van der Waals surface area contributed by atoms with Gasteiger partial charge in [0.15, 0.2) is 0 Å². The van der Waals surface area contributed by atoms with Gasteiger partial charge in [-0.15, -0.1) is 0 Å². The molecule has 2 heteroatoms. The minimum Gasteiger partial charge on any atom is -0.302 e. The average Bonchev–Trinajstić information content (AvgIpc) is 2.28. The second kappa shape index (κ2) is 3.46. The quantitative estimate of drug-likeness (QED) is 0.696. The molecule has 0 aliphatic heterocycles. The largest absolute Gasteiger partial charge is 0.302 e. The van der Waals surface area contributed by atoms with Gasteiger partial charge in [-0.2, -0.15) is 0 Å². The van der Waals surface area contributed by atoms with Crippen molar-refractivity contribution in [1.82, 2.24) is 4.98 Å². The number of hydrogen-bond acceptors (Lipinski definition) is 2. The minimum atomic E-state index is -0.427. The van der Waals surface area contributed by atoms with E-state index in [0.29, 0.717) is 0 Å². The van der Waals surface area contributed by atoms with Gasteiger partial charge >= 0.3 is 0 Å². The van der Waals surface area contributed by atoms with Crippen molar-refractivity contribution >= 4 is 17.2 Å². The van der Waals surface area contributed by atoms with Crippen molar-refractivity contribution < 1.29 is 4.79 Å². The maximum Gasteiger partial charge on any atom is 0.129 e. The monoisotopic (exact) mass is 199 g/mol. The Hall–Kier alpha value is -1.70. The number of benzene rings is 1. The summed E-state index contributed by atoms with van der Waals surface area (Å²) in [4.78, 5) is 15.2. The maximum atomic E-state index is 10.9. The first-order valence-corrected chi connectivity index (χ1v) is 4.95. The van der Waals surface area contributed by atoms with Gasteiger partial charge in [-0.3, -0.25) is 4.98 Å². The molecule has 1 heterocycles. The van der Waals surface area contributed by atoms with Gasteiger partial charge < -0.3 is 4.79 Å². The number of rotatable bonds is 2. The van der Waals surface area contributed by atoms with Gasteiger partial charge in [0.25, 0.3) is 0 Å². The van der Waals surface area contributed by atoms with Gasteiger partial charge in [-0.1, -0.05) is 12.1 Å². The van der Waals surface area contributed by atoms with Crippen LogP contribution >= 0.6 is 0 Å². The van der Waals surface area contributed by atoms with Crippen molar-refractivity contribution in [3.63, 3.8) is 0 Å². The molecule has 0 amide bonds. The van der Waals surface area contributed by atoms with Gasteiger partial charge in [-0.25, -0.2) is 0 Å². The predicted octanol–water partition coefficient (Wildman–Crippen LogP) is 2.71. The van der Waals surface area contributed by atoms with Gasteiger partial charge in [0, 0.05) is 17.0 Å². The summed E-state index contributed by atoms with van der Waals surface area (Å²) in [7, 11) is 0. The number of aromatic nitrogens is 1.